The highest BCUT2D eigenvalue weighted by Gasteiger charge is 2.20. The van der Waals surface area contributed by atoms with Gasteiger partial charge in [-0.25, -0.2) is 0 Å². The van der Waals surface area contributed by atoms with Gasteiger partial charge in [0.15, 0.2) is 0 Å². The van der Waals surface area contributed by atoms with Crippen molar-refractivity contribution in [1.29, 1.82) is 0 Å². The quantitative estimate of drug-likeness (QED) is 0.790. The van der Waals surface area contributed by atoms with Gasteiger partial charge < -0.3 is 9.64 Å². The third-order valence-electron chi connectivity index (χ3n) is 3.39. The van der Waals surface area contributed by atoms with Crippen LogP contribution in [0, 0.1) is 0 Å². The number of hydrogen-bond acceptors (Lipinski definition) is 2. The van der Waals surface area contributed by atoms with E-state index >= 15 is 0 Å². The summed E-state index contributed by atoms with van der Waals surface area (Å²) in [6, 6.07) is 16.9. The minimum atomic E-state index is 0.745. The lowest BCUT2D eigenvalue weighted by atomic mass is 10.1. The topological polar surface area (TPSA) is 12.5 Å². The number of aryl methyl sites for hydroxylation is 1. The van der Waals surface area contributed by atoms with Gasteiger partial charge in [-0.1, -0.05) is 37.3 Å². The van der Waals surface area contributed by atoms with E-state index in [-0.39, 0.29) is 0 Å². The molecule has 1 heterocycles. The Hall–Kier alpha value is -1.96. The van der Waals surface area contributed by atoms with E-state index in [1.807, 2.05) is 12.1 Å². The van der Waals surface area contributed by atoms with Crippen LogP contribution in [0.4, 0.5) is 11.4 Å². The Kier molecular flexibility index (Phi) is 2.93. The highest BCUT2D eigenvalue weighted by Crippen LogP contribution is 2.37. The number of hydrogen-bond donors (Lipinski definition) is 0. The van der Waals surface area contributed by atoms with E-state index in [9.17, 15) is 0 Å². The molecule has 2 aromatic rings. The van der Waals surface area contributed by atoms with Crippen LogP contribution in [0.15, 0.2) is 48.5 Å². The molecule has 1 aliphatic rings. The largest absolute Gasteiger partial charge is 0.490 e. The van der Waals surface area contributed by atoms with Crippen molar-refractivity contribution in [3.05, 3.63) is 54.1 Å². The summed E-state index contributed by atoms with van der Waals surface area (Å²) < 4.78 is 5.71. The van der Waals surface area contributed by atoms with Gasteiger partial charge in [0.05, 0.1) is 12.2 Å². The minimum absolute atomic E-state index is 0.745. The monoisotopic (exact) mass is 239 g/mol. The summed E-state index contributed by atoms with van der Waals surface area (Å²) in [5.41, 5.74) is 3.86. The molecule has 0 bridgehead atoms. The van der Waals surface area contributed by atoms with Crippen molar-refractivity contribution in [3.8, 4) is 5.75 Å². The molecule has 0 aromatic heterocycles. The lowest BCUT2D eigenvalue weighted by Gasteiger charge is -2.32. The van der Waals surface area contributed by atoms with E-state index in [4.69, 9.17) is 4.74 Å². The van der Waals surface area contributed by atoms with Crippen molar-refractivity contribution in [2.45, 2.75) is 13.3 Å². The van der Waals surface area contributed by atoms with Gasteiger partial charge in [-0.15, -0.1) is 0 Å². The maximum absolute atomic E-state index is 5.71. The van der Waals surface area contributed by atoms with Crippen molar-refractivity contribution in [3.63, 3.8) is 0 Å². The second-order valence-electron chi connectivity index (χ2n) is 4.45. The van der Waals surface area contributed by atoms with Crippen LogP contribution < -0.4 is 9.64 Å². The number of benzene rings is 2. The molecular formula is C16H17NO. The minimum Gasteiger partial charge on any atom is -0.490 e. The average Bonchev–Trinajstić information content (AvgIpc) is 2.46. The molecule has 1 aliphatic heterocycles. The predicted molar refractivity (Wildman–Crippen MR) is 74.8 cm³/mol. The maximum Gasteiger partial charge on any atom is 0.143 e. The first-order valence-corrected chi connectivity index (χ1v) is 6.47. The number of ether oxygens (including phenoxy) is 1. The lowest BCUT2D eigenvalue weighted by molar-refractivity contribution is 0.314. The van der Waals surface area contributed by atoms with Gasteiger partial charge >= 0.3 is 0 Å². The summed E-state index contributed by atoms with van der Waals surface area (Å²) >= 11 is 0. The number of fused-ring (bicyclic) bond motifs is 1. The lowest BCUT2D eigenvalue weighted by Crippen LogP contribution is -2.29. The molecule has 2 aromatic carbocycles. The van der Waals surface area contributed by atoms with Gasteiger partial charge in [-0.2, -0.15) is 0 Å². The summed E-state index contributed by atoms with van der Waals surface area (Å²) in [7, 11) is 0. The smallest absolute Gasteiger partial charge is 0.143 e. The zero-order valence-corrected chi connectivity index (χ0v) is 10.6. The van der Waals surface area contributed by atoms with Crippen molar-refractivity contribution >= 4 is 11.4 Å². The van der Waals surface area contributed by atoms with Crippen LogP contribution in [-0.2, 0) is 6.42 Å². The van der Waals surface area contributed by atoms with Crippen LogP contribution in [0.2, 0.25) is 0 Å². The first-order chi connectivity index (χ1) is 8.90. The molecule has 3 rings (SSSR count). The molecule has 18 heavy (non-hydrogen) atoms. The Labute approximate surface area is 108 Å². The van der Waals surface area contributed by atoms with Crippen molar-refractivity contribution in [2.75, 3.05) is 18.1 Å². The molecule has 0 atom stereocenters. The second kappa shape index (κ2) is 4.73. The number of anilines is 2. The summed E-state index contributed by atoms with van der Waals surface area (Å²) in [4.78, 5) is 2.36. The molecule has 0 spiro atoms. The Balaban J connectivity index is 2.08. The Morgan fingerprint density at radius 1 is 1.00 bits per heavy atom. The normalized spacial score (nSPS) is 13.9. The van der Waals surface area contributed by atoms with Crippen molar-refractivity contribution in [2.24, 2.45) is 0 Å². The van der Waals surface area contributed by atoms with Crippen LogP contribution in [0.5, 0.6) is 5.75 Å². The van der Waals surface area contributed by atoms with E-state index < -0.39 is 0 Å². The third kappa shape index (κ3) is 1.84. The van der Waals surface area contributed by atoms with E-state index in [0.29, 0.717) is 0 Å². The molecule has 0 aliphatic carbocycles. The molecular weight excluding hydrogens is 222 g/mol. The van der Waals surface area contributed by atoms with Gasteiger partial charge in [0.25, 0.3) is 0 Å². The van der Waals surface area contributed by atoms with E-state index in [0.717, 1.165) is 25.3 Å². The summed E-state index contributed by atoms with van der Waals surface area (Å²) in [5.74, 6) is 0.981. The number of para-hydroxylation sites is 3. The molecule has 0 saturated heterocycles. The van der Waals surface area contributed by atoms with Gasteiger partial charge in [0.1, 0.15) is 12.4 Å². The maximum atomic E-state index is 5.71. The highest BCUT2D eigenvalue weighted by atomic mass is 16.5. The van der Waals surface area contributed by atoms with Crippen LogP contribution in [0.1, 0.15) is 12.5 Å². The third-order valence-corrected chi connectivity index (χ3v) is 3.39. The average molecular weight is 239 g/mol. The molecule has 0 saturated carbocycles. The van der Waals surface area contributed by atoms with E-state index in [1.165, 1.54) is 16.9 Å². The predicted octanol–water partition coefficient (Wildman–Crippen LogP) is 3.78. The van der Waals surface area contributed by atoms with Crippen LogP contribution in [0.3, 0.4) is 0 Å². The molecule has 0 amide bonds. The molecule has 0 radical (unpaired) electrons. The Morgan fingerprint density at radius 3 is 2.56 bits per heavy atom. The molecule has 0 N–H and O–H groups in total. The van der Waals surface area contributed by atoms with Gasteiger partial charge in [-0.05, 0) is 30.2 Å². The van der Waals surface area contributed by atoms with Gasteiger partial charge in [0, 0.05) is 5.69 Å². The first kappa shape index (κ1) is 11.1. The number of nitrogens with zero attached hydrogens (tertiary/aromatic N) is 1. The fourth-order valence-electron chi connectivity index (χ4n) is 2.49. The molecule has 92 valence electrons. The van der Waals surface area contributed by atoms with Gasteiger partial charge in [0.2, 0.25) is 0 Å². The molecule has 2 nitrogen and oxygen atoms in total. The Morgan fingerprint density at radius 2 is 1.72 bits per heavy atom. The van der Waals surface area contributed by atoms with Crippen molar-refractivity contribution in [1.82, 2.24) is 0 Å². The van der Waals surface area contributed by atoms with Crippen LogP contribution in [0.25, 0.3) is 0 Å². The Bertz CT molecular complexity index is 550. The summed E-state index contributed by atoms with van der Waals surface area (Å²) in [6.07, 6.45) is 1.05. The molecule has 0 unspecified atom stereocenters. The van der Waals surface area contributed by atoms with Gasteiger partial charge in [-0.3, -0.25) is 0 Å². The highest BCUT2D eigenvalue weighted by molar-refractivity contribution is 5.72. The molecule has 2 heteroatoms. The summed E-state index contributed by atoms with van der Waals surface area (Å²) in [6.45, 7) is 3.86. The number of rotatable bonds is 2. The second-order valence-corrected chi connectivity index (χ2v) is 4.45. The summed E-state index contributed by atoms with van der Waals surface area (Å²) in [5, 5.41) is 0. The SMILES string of the molecule is CCc1ccccc1N1CCOc2ccccc21. The van der Waals surface area contributed by atoms with Crippen LogP contribution in [-0.4, -0.2) is 13.2 Å². The fourth-order valence-corrected chi connectivity index (χ4v) is 2.49. The fraction of sp³-hybridized carbons (Fsp3) is 0.250. The van der Waals surface area contributed by atoms with E-state index in [2.05, 4.69) is 48.2 Å². The van der Waals surface area contributed by atoms with E-state index in [1.54, 1.807) is 0 Å². The van der Waals surface area contributed by atoms with Crippen molar-refractivity contribution < 1.29 is 4.74 Å². The van der Waals surface area contributed by atoms with Crippen LogP contribution >= 0.6 is 0 Å². The zero-order chi connectivity index (χ0) is 12.4. The first-order valence-electron chi connectivity index (χ1n) is 6.47. The molecule has 0 fully saturated rings. The standard InChI is InChI=1S/C16H17NO/c1-2-13-7-3-4-8-14(13)17-11-12-18-16-10-6-5-9-15(16)17/h3-10H,2,11-12H2,1H3. The zero-order valence-electron chi connectivity index (χ0n) is 10.6.